The number of nitro benzene ring substituents is 1. The van der Waals surface area contributed by atoms with Crippen molar-refractivity contribution in [2.45, 2.75) is 6.61 Å². The van der Waals surface area contributed by atoms with E-state index in [0.717, 1.165) is 0 Å². The highest BCUT2D eigenvalue weighted by molar-refractivity contribution is 6.34. The molecule has 0 saturated carbocycles. The molecule has 2 aromatic carbocycles. The van der Waals surface area contributed by atoms with E-state index in [2.05, 4.69) is 0 Å². The number of nitrogens with zero attached hydrogens (tertiary/aromatic N) is 1. The fourth-order valence-corrected chi connectivity index (χ4v) is 1.91. The third-order valence-corrected chi connectivity index (χ3v) is 3.16. The minimum absolute atomic E-state index is 0.0463. The molecule has 0 heterocycles. The van der Waals surface area contributed by atoms with Crippen LogP contribution in [0, 0.1) is 10.1 Å². The minimum Gasteiger partial charge on any atom is -0.487 e. The molecular formula is C13H10Cl2N2O3. The quantitative estimate of drug-likeness (QED) is 0.524. The second-order valence-electron chi connectivity index (χ2n) is 4.00. The maximum absolute atomic E-state index is 10.7. The summed E-state index contributed by atoms with van der Waals surface area (Å²) in [6.07, 6.45) is 0. The van der Waals surface area contributed by atoms with Gasteiger partial charge in [0.25, 0.3) is 5.69 Å². The van der Waals surface area contributed by atoms with Crippen molar-refractivity contribution < 1.29 is 9.66 Å². The average Bonchev–Trinajstić information content (AvgIpc) is 2.41. The molecule has 0 bridgehead atoms. The van der Waals surface area contributed by atoms with Gasteiger partial charge in [-0.25, -0.2) is 0 Å². The fourth-order valence-electron chi connectivity index (χ4n) is 1.57. The molecule has 7 heteroatoms. The number of nitrogen functional groups attached to an aromatic ring is 1. The lowest BCUT2D eigenvalue weighted by atomic mass is 10.1. The molecule has 2 N–H and O–H groups in total. The van der Waals surface area contributed by atoms with E-state index in [0.29, 0.717) is 27.0 Å². The molecule has 0 atom stereocenters. The largest absolute Gasteiger partial charge is 0.487 e. The summed E-state index contributed by atoms with van der Waals surface area (Å²) in [4.78, 5) is 10.2. The lowest BCUT2D eigenvalue weighted by molar-refractivity contribution is -0.384. The van der Waals surface area contributed by atoms with Crippen LogP contribution in [0.4, 0.5) is 11.4 Å². The van der Waals surface area contributed by atoms with Crippen LogP contribution in [0.3, 0.4) is 0 Å². The van der Waals surface area contributed by atoms with E-state index in [-0.39, 0.29) is 12.3 Å². The number of benzene rings is 2. The van der Waals surface area contributed by atoms with Gasteiger partial charge in [-0.1, -0.05) is 23.2 Å². The van der Waals surface area contributed by atoms with Crippen LogP contribution in [-0.4, -0.2) is 4.92 Å². The first kappa shape index (κ1) is 14.4. The van der Waals surface area contributed by atoms with Crippen molar-refractivity contribution >= 4 is 34.6 Å². The number of rotatable bonds is 4. The number of hydrogen-bond donors (Lipinski definition) is 1. The maximum atomic E-state index is 10.7. The van der Waals surface area contributed by atoms with Crippen LogP contribution in [0.15, 0.2) is 36.4 Å². The number of hydrogen-bond acceptors (Lipinski definition) is 4. The third-order valence-electron chi connectivity index (χ3n) is 2.61. The Morgan fingerprint density at radius 3 is 2.65 bits per heavy atom. The van der Waals surface area contributed by atoms with E-state index in [1.165, 1.54) is 18.2 Å². The zero-order valence-electron chi connectivity index (χ0n) is 10.2. The average molecular weight is 313 g/mol. The molecule has 0 aliphatic carbocycles. The predicted molar refractivity (Wildman–Crippen MR) is 78.3 cm³/mol. The second-order valence-corrected chi connectivity index (χ2v) is 4.85. The molecule has 0 unspecified atom stereocenters. The van der Waals surface area contributed by atoms with E-state index in [1.54, 1.807) is 18.2 Å². The Morgan fingerprint density at radius 1 is 1.20 bits per heavy atom. The van der Waals surface area contributed by atoms with E-state index in [1.807, 2.05) is 0 Å². The van der Waals surface area contributed by atoms with Crippen LogP contribution < -0.4 is 10.5 Å². The van der Waals surface area contributed by atoms with Gasteiger partial charge in [0.05, 0.1) is 9.95 Å². The lowest BCUT2D eigenvalue weighted by Gasteiger charge is -2.10. The summed E-state index contributed by atoms with van der Waals surface area (Å²) in [5.41, 5.74) is 6.63. The Hall–Kier alpha value is -1.98. The number of nitrogens with two attached hydrogens (primary N) is 1. The van der Waals surface area contributed by atoms with Gasteiger partial charge in [0.2, 0.25) is 0 Å². The van der Waals surface area contributed by atoms with Gasteiger partial charge in [-0.15, -0.1) is 0 Å². The van der Waals surface area contributed by atoms with Gasteiger partial charge in [-0.3, -0.25) is 10.1 Å². The molecule has 0 aliphatic rings. The number of anilines is 1. The Labute approximate surface area is 125 Å². The molecular weight excluding hydrogens is 303 g/mol. The zero-order valence-corrected chi connectivity index (χ0v) is 11.7. The van der Waals surface area contributed by atoms with E-state index < -0.39 is 4.92 Å². The van der Waals surface area contributed by atoms with Gasteiger partial charge < -0.3 is 10.5 Å². The van der Waals surface area contributed by atoms with Crippen molar-refractivity contribution in [2.24, 2.45) is 0 Å². The third kappa shape index (κ3) is 3.31. The summed E-state index contributed by atoms with van der Waals surface area (Å²) in [6, 6.07) is 8.99. The van der Waals surface area contributed by atoms with Crippen molar-refractivity contribution in [3.8, 4) is 5.75 Å². The van der Waals surface area contributed by atoms with Crippen LogP contribution in [0.2, 0.25) is 10.0 Å². The molecule has 2 aromatic rings. The smallest absolute Gasteiger partial charge is 0.269 e. The van der Waals surface area contributed by atoms with E-state index in [4.69, 9.17) is 33.7 Å². The Balaban J connectivity index is 2.20. The standard InChI is InChI=1S/C13H10Cl2N2O3/c14-9-1-3-11(15)13(6-9)20-7-8-5-10(17(18)19)2-4-12(8)16/h1-6H,7,16H2. The van der Waals surface area contributed by atoms with Crippen molar-refractivity contribution in [1.29, 1.82) is 0 Å². The molecule has 0 radical (unpaired) electrons. The van der Waals surface area contributed by atoms with Crippen molar-refractivity contribution in [1.82, 2.24) is 0 Å². The summed E-state index contributed by atoms with van der Waals surface area (Å²) in [5.74, 6) is 0.394. The number of nitro groups is 1. The molecule has 5 nitrogen and oxygen atoms in total. The number of ether oxygens (including phenoxy) is 1. The summed E-state index contributed by atoms with van der Waals surface area (Å²) in [5, 5.41) is 11.6. The summed E-state index contributed by atoms with van der Waals surface area (Å²) < 4.78 is 5.50. The molecule has 0 saturated heterocycles. The van der Waals surface area contributed by atoms with Crippen molar-refractivity contribution in [3.63, 3.8) is 0 Å². The topological polar surface area (TPSA) is 78.4 Å². The normalized spacial score (nSPS) is 10.3. The van der Waals surface area contributed by atoms with Gasteiger partial charge in [0.1, 0.15) is 12.4 Å². The second kappa shape index (κ2) is 5.98. The molecule has 0 spiro atoms. The van der Waals surface area contributed by atoms with Gasteiger partial charge in [0, 0.05) is 34.5 Å². The van der Waals surface area contributed by atoms with Crippen LogP contribution in [0.5, 0.6) is 5.75 Å². The number of halogens is 2. The first-order valence-corrected chi connectivity index (χ1v) is 6.33. The van der Waals surface area contributed by atoms with Crippen LogP contribution in [0.1, 0.15) is 5.56 Å². The van der Waals surface area contributed by atoms with Gasteiger partial charge in [-0.2, -0.15) is 0 Å². The van der Waals surface area contributed by atoms with Gasteiger partial charge in [-0.05, 0) is 18.2 Å². The highest BCUT2D eigenvalue weighted by atomic mass is 35.5. The van der Waals surface area contributed by atoms with E-state index >= 15 is 0 Å². The zero-order chi connectivity index (χ0) is 14.7. The van der Waals surface area contributed by atoms with Crippen LogP contribution >= 0.6 is 23.2 Å². The van der Waals surface area contributed by atoms with Crippen LogP contribution in [-0.2, 0) is 6.61 Å². The summed E-state index contributed by atoms with van der Waals surface area (Å²) >= 11 is 11.8. The molecule has 0 fully saturated rings. The minimum atomic E-state index is -0.491. The van der Waals surface area contributed by atoms with Gasteiger partial charge >= 0.3 is 0 Å². The molecule has 2 rings (SSSR count). The highest BCUT2D eigenvalue weighted by Gasteiger charge is 2.10. The number of non-ortho nitro benzene ring substituents is 1. The molecule has 0 aliphatic heterocycles. The Bertz CT molecular complexity index is 662. The SMILES string of the molecule is Nc1ccc([N+](=O)[O-])cc1COc1cc(Cl)ccc1Cl. The van der Waals surface area contributed by atoms with Crippen molar-refractivity contribution in [3.05, 3.63) is 62.1 Å². The predicted octanol–water partition coefficient (Wildman–Crippen LogP) is 4.06. The molecule has 0 amide bonds. The van der Waals surface area contributed by atoms with E-state index in [9.17, 15) is 10.1 Å². The monoisotopic (exact) mass is 312 g/mol. The first-order valence-electron chi connectivity index (χ1n) is 5.58. The first-order chi connectivity index (χ1) is 9.47. The summed E-state index contributed by atoms with van der Waals surface area (Å²) in [7, 11) is 0. The summed E-state index contributed by atoms with van der Waals surface area (Å²) in [6.45, 7) is 0.0631. The van der Waals surface area contributed by atoms with Gasteiger partial charge in [0.15, 0.2) is 0 Å². The Morgan fingerprint density at radius 2 is 1.95 bits per heavy atom. The van der Waals surface area contributed by atoms with Crippen molar-refractivity contribution in [2.75, 3.05) is 5.73 Å². The Kier molecular flexibility index (Phi) is 4.32. The fraction of sp³-hybridized carbons (Fsp3) is 0.0769. The highest BCUT2D eigenvalue weighted by Crippen LogP contribution is 2.29. The van der Waals surface area contributed by atoms with Crippen LogP contribution in [0.25, 0.3) is 0 Å². The maximum Gasteiger partial charge on any atom is 0.269 e. The lowest BCUT2D eigenvalue weighted by Crippen LogP contribution is -2.02. The molecule has 104 valence electrons. The molecule has 20 heavy (non-hydrogen) atoms. The molecule has 0 aromatic heterocycles.